The average Bonchev–Trinajstić information content (AvgIpc) is 2.78. The van der Waals surface area contributed by atoms with Crippen LogP contribution in [-0.4, -0.2) is 17.8 Å². The molecular weight excluding hydrogens is 423 g/mol. The molecule has 0 bridgehead atoms. The third kappa shape index (κ3) is 4.82. The quantitative estimate of drug-likeness (QED) is 0.458. The lowest BCUT2D eigenvalue weighted by Gasteiger charge is -2.26. The van der Waals surface area contributed by atoms with Crippen molar-refractivity contribution < 1.29 is 23.5 Å². The van der Waals surface area contributed by atoms with Crippen molar-refractivity contribution in [2.45, 2.75) is 20.5 Å². The zero-order valence-electron chi connectivity index (χ0n) is 18.1. The molecule has 1 aliphatic heterocycles. The minimum atomic E-state index is -0.786. The molecule has 0 saturated carbocycles. The van der Waals surface area contributed by atoms with Crippen LogP contribution in [0.4, 0.5) is 14.9 Å². The van der Waals surface area contributed by atoms with Crippen LogP contribution in [0.25, 0.3) is 6.08 Å². The number of imide groups is 2. The van der Waals surface area contributed by atoms with Crippen molar-refractivity contribution in [1.82, 2.24) is 5.32 Å². The summed E-state index contributed by atoms with van der Waals surface area (Å²) < 4.78 is 18.9. The topological polar surface area (TPSA) is 75.7 Å². The molecule has 1 fully saturated rings. The SMILES string of the molecule is Cc1ccc(N2C(=O)NC(=O)/C(=C\c3ccc(OCc4cccc(F)c4)cc3)C2=O)cc1C. The van der Waals surface area contributed by atoms with Gasteiger partial charge in [0.2, 0.25) is 0 Å². The molecule has 3 aromatic carbocycles. The molecule has 3 aromatic rings. The molecule has 7 heteroatoms. The van der Waals surface area contributed by atoms with Crippen LogP contribution in [-0.2, 0) is 16.2 Å². The van der Waals surface area contributed by atoms with E-state index in [9.17, 15) is 18.8 Å². The number of hydrogen-bond acceptors (Lipinski definition) is 4. The molecule has 1 N–H and O–H groups in total. The predicted octanol–water partition coefficient (Wildman–Crippen LogP) is 4.69. The van der Waals surface area contributed by atoms with Gasteiger partial charge < -0.3 is 4.74 Å². The Hall–Kier alpha value is -4.26. The number of halogens is 1. The third-order valence-electron chi connectivity index (χ3n) is 5.34. The van der Waals surface area contributed by atoms with Gasteiger partial charge >= 0.3 is 6.03 Å². The third-order valence-corrected chi connectivity index (χ3v) is 5.34. The van der Waals surface area contributed by atoms with E-state index in [0.29, 0.717) is 22.6 Å². The summed E-state index contributed by atoms with van der Waals surface area (Å²) in [4.78, 5) is 38.7. The predicted molar refractivity (Wildman–Crippen MR) is 122 cm³/mol. The Kier molecular flexibility index (Phi) is 6.04. The number of barbiturate groups is 1. The molecule has 33 heavy (non-hydrogen) atoms. The van der Waals surface area contributed by atoms with Gasteiger partial charge in [0.15, 0.2) is 0 Å². The van der Waals surface area contributed by atoms with Crippen molar-refractivity contribution in [2.24, 2.45) is 0 Å². The molecule has 0 aliphatic carbocycles. The van der Waals surface area contributed by atoms with Crippen molar-refractivity contribution >= 4 is 29.6 Å². The lowest BCUT2D eigenvalue weighted by atomic mass is 10.1. The van der Waals surface area contributed by atoms with Gasteiger partial charge in [-0.05, 0) is 78.6 Å². The van der Waals surface area contributed by atoms with Crippen LogP contribution in [0.3, 0.4) is 0 Å². The van der Waals surface area contributed by atoms with E-state index in [0.717, 1.165) is 16.0 Å². The van der Waals surface area contributed by atoms with Crippen LogP contribution < -0.4 is 15.0 Å². The van der Waals surface area contributed by atoms with Crippen molar-refractivity contribution in [3.63, 3.8) is 0 Å². The standard InChI is InChI=1S/C26H21FN2O4/c1-16-6-9-21(12-17(16)2)29-25(31)23(24(30)28-26(29)32)14-18-7-10-22(11-8-18)33-15-19-4-3-5-20(27)13-19/h3-14H,15H2,1-2H3,(H,28,30,32)/b23-14+. The Labute approximate surface area is 190 Å². The molecule has 0 unspecified atom stereocenters. The van der Waals surface area contributed by atoms with Crippen LogP contribution in [0.15, 0.2) is 72.3 Å². The first-order chi connectivity index (χ1) is 15.8. The zero-order valence-corrected chi connectivity index (χ0v) is 18.1. The van der Waals surface area contributed by atoms with E-state index in [1.165, 1.54) is 18.2 Å². The van der Waals surface area contributed by atoms with Crippen molar-refractivity contribution in [2.75, 3.05) is 4.90 Å². The van der Waals surface area contributed by atoms with E-state index in [1.54, 1.807) is 48.5 Å². The number of carbonyl (C=O) groups excluding carboxylic acids is 3. The summed E-state index contributed by atoms with van der Waals surface area (Å²) in [6.45, 7) is 4.01. The van der Waals surface area contributed by atoms with Gasteiger partial charge in [0.25, 0.3) is 11.8 Å². The van der Waals surface area contributed by atoms with Crippen LogP contribution in [0.1, 0.15) is 22.3 Å². The van der Waals surface area contributed by atoms with E-state index in [1.807, 2.05) is 19.9 Å². The Bertz CT molecular complexity index is 1280. The normalized spacial score (nSPS) is 15.1. The Morgan fingerprint density at radius 2 is 1.70 bits per heavy atom. The highest BCUT2D eigenvalue weighted by molar-refractivity contribution is 6.39. The second-order valence-corrected chi connectivity index (χ2v) is 7.71. The van der Waals surface area contributed by atoms with Gasteiger partial charge in [-0.25, -0.2) is 14.1 Å². The number of carbonyl (C=O) groups is 3. The number of amides is 4. The summed E-state index contributed by atoms with van der Waals surface area (Å²) in [7, 11) is 0. The Morgan fingerprint density at radius 1 is 0.939 bits per heavy atom. The average molecular weight is 444 g/mol. The molecule has 4 rings (SSSR count). The molecule has 4 amide bonds. The van der Waals surface area contributed by atoms with E-state index >= 15 is 0 Å². The molecule has 0 spiro atoms. The van der Waals surface area contributed by atoms with Crippen molar-refractivity contribution in [3.05, 3.63) is 100 Å². The highest BCUT2D eigenvalue weighted by atomic mass is 19.1. The molecule has 0 atom stereocenters. The minimum absolute atomic E-state index is 0.152. The maximum Gasteiger partial charge on any atom is 0.335 e. The summed E-state index contributed by atoms with van der Waals surface area (Å²) >= 11 is 0. The number of benzene rings is 3. The van der Waals surface area contributed by atoms with Crippen LogP contribution in [0, 0.1) is 19.7 Å². The summed E-state index contributed by atoms with van der Waals surface area (Å²) in [6, 6.07) is 17.3. The van der Waals surface area contributed by atoms with E-state index in [-0.39, 0.29) is 18.0 Å². The highest BCUT2D eigenvalue weighted by Crippen LogP contribution is 2.24. The first kappa shape index (κ1) is 22.0. The lowest BCUT2D eigenvalue weighted by Crippen LogP contribution is -2.54. The molecule has 1 aliphatic rings. The fourth-order valence-electron chi connectivity index (χ4n) is 3.38. The lowest BCUT2D eigenvalue weighted by molar-refractivity contribution is -0.122. The number of urea groups is 1. The smallest absolute Gasteiger partial charge is 0.335 e. The van der Waals surface area contributed by atoms with Gasteiger partial charge in [-0.1, -0.05) is 30.3 Å². The number of ether oxygens (including phenoxy) is 1. The zero-order chi connectivity index (χ0) is 23.5. The number of aryl methyl sites for hydroxylation is 2. The van der Waals surface area contributed by atoms with Gasteiger partial charge in [-0.2, -0.15) is 0 Å². The van der Waals surface area contributed by atoms with Gasteiger partial charge in [0.1, 0.15) is 23.7 Å². The summed E-state index contributed by atoms with van der Waals surface area (Å²) in [5.41, 5.74) is 3.46. The van der Waals surface area contributed by atoms with Crippen molar-refractivity contribution in [3.8, 4) is 5.75 Å². The molecule has 6 nitrogen and oxygen atoms in total. The van der Waals surface area contributed by atoms with E-state index in [4.69, 9.17) is 4.74 Å². The largest absolute Gasteiger partial charge is 0.489 e. The van der Waals surface area contributed by atoms with E-state index < -0.39 is 17.8 Å². The summed E-state index contributed by atoms with van der Waals surface area (Å²) in [5, 5.41) is 2.22. The molecule has 0 radical (unpaired) electrons. The minimum Gasteiger partial charge on any atom is -0.489 e. The van der Waals surface area contributed by atoms with Gasteiger partial charge in [-0.15, -0.1) is 0 Å². The number of nitrogens with zero attached hydrogens (tertiary/aromatic N) is 1. The molecule has 1 heterocycles. The Morgan fingerprint density at radius 3 is 2.39 bits per heavy atom. The van der Waals surface area contributed by atoms with Crippen molar-refractivity contribution in [1.29, 1.82) is 0 Å². The summed E-state index contributed by atoms with van der Waals surface area (Å²) in [6.07, 6.45) is 1.43. The first-order valence-electron chi connectivity index (χ1n) is 10.3. The van der Waals surface area contributed by atoms with Gasteiger partial charge in [0, 0.05) is 0 Å². The monoisotopic (exact) mass is 444 g/mol. The fraction of sp³-hybridized carbons (Fsp3) is 0.115. The molecule has 166 valence electrons. The van der Waals surface area contributed by atoms with Crippen LogP contribution >= 0.6 is 0 Å². The second-order valence-electron chi connectivity index (χ2n) is 7.71. The Balaban J connectivity index is 1.53. The van der Waals surface area contributed by atoms with Gasteiger partial charge in [0.05, 0.1) is 5.69 Å². The first-order valence-corrected chi connectivity index (χ1v) is 10.3. The second kappa shape index (κ2) is 9.08. The number of nitrogens with one attached hydrogen (secondary N) is 1. The maximum atomic E-state index is 13.3. The number of hydrogen-bond donors (Lipinski definition) is 1. The molecule has 0 aromatic heterocycles. The van der Waals surface area contributed by atoms with Crippen LogP contribution in [0.5, 0.6) is 5.75 Å². The van der Waals surface area contributed by atoms with Gasteiger partial charge in [-0.3, -0.25) is 14.9 Å². The number of anilines is 1. The molecular formula is C26H21FN2O4. The fourth-order valence-corrected chi connectivity index (χ4v) is 3.38. The summed E-state index contributed by atoms with van der Waals surface area (Å²) in [5.74, 6) is -1.23. The number of rotatable bonds is 5. The van der Waals surface area contributed by atoms with Crippen LogP contribution in [0.2, 0.25) is 0 Å². The van der Waals surface area contributed by atoms with E-state index in [2.05, 4.69) is 5.32 Å². The highest BCUT2D eigenvalue weighted by Gasteiger charge is 2.36. The maximum absolute atomic E-state index is 13.3. The molecule has 1 saturated heterocycles.